The molecule has 0 saturated heterocycles. The van der Waals surface area contributed by atoms with E-state index >= 15 is 0 Å². The van der Waals surface area contributed by atoms with Crippen molar-refractivity contribution in [2.24, 2.45) is 5.11 Å². The molecule has 0 radical (unpaired) electrons. The summed E-state index contributed by atoms with van der Waals surface area (Å²) in [6.07, 6.45) is 1.11. The smallest absolute Gasteiger partial charge is 0.367 e. The van der Waals surface area contributed by atoms with E-state index in [-0.39, 0.29) is 11.4 Å². The highest BCUT2D eigenvalue weighted by molar-refractivity contribution is 5.93. The van der Waals surface area contributed by atoms with E-state index in [1.807, 2.05) is 0 Å². The van der Waals surface area contributed by atoms with E-state index in [1.54, 1.807) is 0 Å². The number of carboxylic acids is 2. The van der Waals surface area contributed by atoms with E-state index in [9.17, 15) is 14.0 Å². The number of aliphatic carboxylic acids is 1. The fraction of sp³-hybridized carbons (Fsp3) is 0. The maximum atomic E-state index is 13.3. The molecule has 6 nitrogen and oxygen atoms in total. The Morgan fingerprint density at radius 3 is 2.41 bits per heavy atom. The fourth-order valence-electron chi connectivity index (χ4n) is 1.37. The van der Waals surface area contributed by atoms with Gasteiger partial charge in [-0.15, -0.1) is 0 Å². The van der Waals surface area contributed by atoms with Crippen molar-refractivity contribution in [3.63, 3.8) is 0 Å². The number of aromatic carboxylic acids is 1. The minimum Gasteiger partial charge on any atom is -0.477 e. The van der Waals surface area contributed by atoms with Crippen LogP contribution in [0.25, 0.3) is 0 Å². The van der Waals surface area contributed by atoms with Crippen molar-refractivity contribution in [1.29, 1.82) is 0 Å². The van der Waals surface area contributed by atoms with E-state index in [1.165, 1.54) is 12.1 Å². The van der Waals surface area contributed by atoms with Crippen molar-refractivity contribution in [1.82, 2.24) is 0 Å². The first-order valence-corrected chi connectivity index (χ1v) is 4.48. The third kappa shape index (κ3) is 1.78. The number of hydrogen-bond acceptors (Lipinski definition) is 3. The maximum absolute atomic E-state index is 13.3. The molecule has 2 N–H and O–H groups in total. The van der Waals surface area contributed by atoms with Crippen LogP contribution in [0.4, 0.5) is 10.1 Å². The summed E-state index contributed by atoms with van der Waals surface area (Å²) in [5.74, 6) is -3.57. The molecular formula is C10H6FN2O4+. The summed E-state index contributed by atoms with van der Waals surface area (Å²) in [4.78, 5) is 21.3. The van der Waals surface area contributed by atoms with Crippen molar-refractivity contribution in [3.8, 4) is 0 Å². The summed E-state index contributed by atoms with van der Waals surface area (Å²) in [7, 11) is 0. The van der Waals surface area contributed by atoms with Crippen LogP contribution in [0, 0.1) is 5.82 Å². The molecule has 0 saturated carbocycles. The normalized spacial score (nSPS) is 13.5. The Kier molecular flexibility index (Phi) is 2.43. The van der Waals surface area contributed by atoms with Gasteiger partial charge in [-0.25, -0.2) is 14.0 Å². The molecule has 17 heavy (non-hydrogen) atoms. The van der Waals surface area contributed by atoms with Gasteiger partial charge in [-0.05, 0) is 10.8 Å². The van der Waals surface area contributed by atoms with E-state index in [0.29, 0.717) is 0 Å². The van der Waals surface area contributed by atoms with Gasteiger partial charge in [0.2, 0.25) is 6.20 Å². The third-order valence-electron chi connectivity index (χ3n) is 2.13. The van der Waals surface area contributed by atoms with Crippen LogP contribution in [-0.4, -0.2) is 26.8 Å². The predicted octanol–water partition coefficient (Wildman–Crippen LogP) is 1.56. The van der Waals surface area contributed by atoms with Crippen LogP contribution in [0.15, 0.2) is 35.2 Å². The lowest BCUT2D eigenvalue weighted by Crippen LogP contribution is -2.15. The summed E-state index contributed by atoms with van der Waals surface area (Å²) < 4.78 is 14.3. The molecule has 86 valence electrons. The average Bonchev–Trinajstić information content (AvgIpc) is 2.13. The molecule has 1 aliphatic heterocycles. The van der Waals surface area contributed by atoms with Crippen molar-refractivity contribution < 1.29 is 28.9 Å². The van der Waals surface area contributed by atoms with Gasteiger partial charge >= 0.3 is 11.9 Å². The Hall–Kier alpha value is -2.57. The standard InChI is InChI=1S/C10H5FN2O4/c11-5-2-1-3-7(8(5)10(16)17)13-4-6(12-13)9(14)15/h1-4H,(H-,14,15,16,17)/p+1. The van der Waals surface area contributed by atoms with Gasteiger partial charge in [0.05, 0.1) is 0 Å². The van der Waals surface area contributed by atoms with Gasteiger partial charge in [0, 0.05) is 11.2 Å². The number of carbonyl (C=O) groups is 2. The van der Waals surface area contributed by atoms with Crippen LogP contribution in [0.5, 0.6) is 0 Å². The molecule has 0 unspecified atom stereocenters. The molecule has 0 aliphatic carbocycles. The summed E-state index contributed by atoms with van der Waals surface area (Å²) in [6.45, 7) is 0. The lowest BCUT2D eigenvalue weighted by atomic mass is 10.1. The highest BCUT2D eigenvalue weighted by Gasteiger charge is 2.32. The number of rotatable bonds is 3. The fourth-order valence-corrected chi connectivity index (χ4v) is 1.37. The van der Waals surface area contributed by atoms with Crippen molar-refractivity contribution in [2.45, 2.75) is 0 Å². The highest BCUT2D eigenvalue weighted by Crippen LogP contribution is 2.27. The maximum Gasteiger partial charge on any atom is 0.367 e. The second-order valence-electron chi connectivity index (χ2n) is 3.20. The summed E-state index contributed by atoms with van der Waals surface area (Å²) in [5.41, 5.74) is -0.773. The van der Waals surface area contributed by atoms with E-state index in [2.05, 4.69) is 5.11 Å². The van der Waals surface area contributed by atoms with E-state index < -0.39 is 23.3 Å². The van der Waals surface area contributed by atoms with Crippen LogP contribution in [-0.2, 0) is 4.79 Å². The van der Waals surface area contributed by atoms with Crippen LogP contribution in [0.3, 0.4) is 0 Å². The average molecular weight is 237 g/mol. The summed E-state index contributed by atoms with van der Waals surface area (Å²) in [6, 6.07) is 3.67. The largest absolute Gasteiger partial charge is 0.477 e. The molecule has 1 heterocycles. The third-order valence-corrected chi connectivity index (χ3v) is 2.13. The lowest BCUT2D eigenvalue weighted by molar-refractivity contribution is -0.460. The number of halogens is 1. The first-order valence-electron chi connectivity index (χ1n) is 4.48. The molecule has 1 aromatic rings. The van der Waals surface area contributed by atoms with Crippen molar-refractivity contribution in [2.75, 3.05) is 0 Å². The van der Waals surface area contributed by atoms with Gasteiger partial charge in [-0.3, -0.25) is 0 Å². The molecule has 0 fully saturated rings. The van der Waals surface area contributed by atoms with Crippen molar-refractivity contribution >= 4 is 17.6 Å². The lowest BCUT2D eigenvalue weighted by Gasteiger charge is -2.05. The zero-order valence-electron chi connectivity index (χ0n) is 8.29. The number of hydrogen-bond donors (Lipinski definition) is 2. The number of nitrogens with zero attached hydrogens (tertiary/aromatic N) is 2. The topological polar surface area (TPSA) is 90.0 Å². The Morgan fingerprint density at radius 1 is 1.24 bits per heavy atom. The molecule has 0 bridgehead atoms. The molecule has 0 atom stereocenters. The van der Waals surface area contributed by atoms with Crippen LogP contribution < -0.4 is 0 Å². The van der Waals surface area contributed by atoms with E-state index in [0.717, 1.165) is 17.0 Å². The number of benzene rings is 1. The number of azo groups is 2. The Morgan fingerprint density at radius 2 is 1.88 bits per heavy atom. The first-order chi connectivity index (χ1) is 8.00. The minimum absolute atomic E-state index is 0.0116. The molecule has 7 heteroatoms. The molecule has 0 amide bonds. The number of carboxylic acid groups (broad SMARTS) is 2. The summed E-state index contributed by atoms with van der Waals surface area (Å²) >= 11 is 0. The Labute approximate surface area is 93.9 Å². The van der Waals surface area contributed by atoms with Gasteiger partial charge in [-0.2, -0.15) is 0 Å². The van der Waals surface area contributed by atoms with Gasteiger partial charge in [-0.1, -0.05) is 6.07 Å². The van der Waals surface area contributed by atoms with Gasteiger partial charge in [0.1, 0.15) is 5.82 Å². The zero-order chi connectivity index (χ0) is 12.6. The van der Waals surface area contributed by atoms with Crippen LogP contribution in [0.1, 0.15) is 10.4 Å². The first kappa shape index (κ1) is 10.9. The second-order valence-corrected chi connectivity index (χ2v) is 3.20. The molecular weight excluding hydrogens is 231 g/mol. The Balaban J connectivity index is 2.43. The predicted molar refractivity (Wildman–Crippen MR) is 51.4 cm³/mol. The van der Waals surface area contributed by atoms with Crippen LogP contribution in [0.2, 0.25) is 0 Å². The minimum atomic E-state index is -1.44. The quantitative estimate of drug-likeness (QED) is 0.780. The Bertz CT molecular complexity index is 592. The molecule has 1 aliphatic rings. The summed E-state index contributed by atoms with van der Waals surface area (Å²) in [5, 5.41) is 20.9. The molecule has 1 aromatic carbocycles. The van der Waals surface area contributed by atoms with Gasteiger partial charge in [0.15, 0.2) is 5.56 Å². The van der Waals surface area contributed by atoms with Gasteiger partial charge in [0.25, 0.3) is 11.4 Å². The molecule has 0 spiro atoms. The second kappa shape index (κ2) is 3.78. The van der Waals surface area contributed by atoms with Crippen molar-refractivity contribution in [3.05, 3.63) is 41.5 Å². The zero-order valence-corrected chi connectivity index (χ0v) is 8.29. The SMILES string of the molecule is O=C(O)C1=C[N+](c2cccc(F)c2C(=O)O)=N1. The molecule has 2 rings (SSSR count). The molecule has 0 aromatic heterocycles. The monoisotopic (exact) mass is 237 g/mol. The van der Waals surface area contributed by atoms with E-state index in [4.69, 9.17) is 10.2 Å². The highest BCUT2D eigenvalue weighted by atomic mass is 19.1. The van der Waals surface area contributed by atoms with Crippen LogP contribution >= 0.6 is 0 Å². The van der Waals surface area contributed by atoms with Gasteiger partial charge < -0.3 is 10.2 Å².